The highest BCUT2D eigenvalue weighted by atomic mass is 35.5. The summed E-state index contributed by atoms with van der Waals surface area (Å²) in [5.74, 6) is 2.10. The molecule has 8 nitrogen and oxygen atoms in total. The van der Waals surface area contributed by atoms with Crippen molar-refractivity contribution >= 4 is 23.5 Å². The van der Waals surface area contributed by atoms with Crippen LogP contribution in [0.1, 0.15) is 25.7 Å². The first-order chi connectivity index (χ1) is 13.7. The van der Waals surface area contributed by atoms with Gasteiger partial charge in [0, 0.05) is 42.6 Å². The molecule has 0 bridgehead atoms. The molecule has 3 rings (SSSR count). The van der Waals surface area contributed by atoms with Crippen molar-refractivity contribution in [3.8, 4) is 11.4 Å². The predicted octanol–water partition coefficient (Wildman–Crippen LogP) is 2.01. The Morgan fingerprint density at radius 3 is 2.86 bits per heavy atom. The van der Waals surface area contributed by atoms with Crippen LogP contribution in [0, 0.1) is 5.92 Å². The Morgan fingerprint density at radius 1 is 1.29 bits per heavy atom. The lowest BCUT2D eigenvalue weighted by atomic mass is 10.2. The SMILES string of the molecule is CCNC(=NCCc1nc(-c2cccc(Cl)c2)no1)NCCNC(=O)C1CC1. The summed E-state index contributed by atoms with van der Waals surface area (Å²) in [6.07, 6.45) is 2.55. The molecule has 1 fully saturated rings. The van der Waals surface area contributed by atoms with E-state index >= 15 is 0 Å². The van der Waals surface area contributed by atoms with Gasteiger partial charge in [0.2, 0.25) is 17.6 Å². The molecular weight excluding hydrogens is 380 g/mol. The first kappa shape index (κ1) is 20.1. The molecule has 1 aliphatic rings. The fraction of sp³-hybridized carbons (Fsp3) is 0.474. The number of carbonyl (C=O) groups is 1. The summed E-state index contributed by atoms with van der Waals surface area (Å²) >= 11 is 6.00. The average molecular weight is 405 g/mol. The van der Waals surface area contributed by atoms with Crippen LogP contribution < -0.4 is 16.0 Å². The number of rotatable bonds is 9. The highest BCUT2D eigenvalue weighted by Gasteiger charge is 2.28. The predicted molar refractivity (Wildman–Crippen MR) is 108 cm³/mol. The minimum Gasteiger partial charge on any atom is -0.357 e. The number of amides is 1. The fourth-order valence-electron chi connectivity index (χ4n) is 2.56. The molecule has 1 heterocycles. The van der Waals surface area contributed by atoms with E-state index in [1.165, 1.54) is 0 Å². The maximum Gasteiger partial charge on any atom is 0.228 e. The minimum absolute atomic E-state index is 0.149. The number of benzene rings is 1. The van der Waals surface area contributed by atoms with Crippen LogP contribution in [-0.2, 0) is 11.2 Å². The number of halogens is 1. The van der Waals surface area contributed by atoms with Crippen molar-refractivity contribution in [1.29, 1.82) is 0 Å². The van der Waals surface area contributed by atoms with E-state index in [0.29, 0.717) is 48.8 Å². The maximum atomic E-state index is 11.6. The molecule has 3 N–H and O–H groups in total. The Hall–Kier alpha value is -2.61. The summed E-state index contributed by atoms with van der Waals surface area (Å²) in [6, 6.07) is 7.32. The number of guanidine groups is 1. The van der Waals surface area contributed by atoms with Gasteiger partial charge in [-0.3, -0.25) is 9.79 Å². The van der Waals surface area contributed by atoms with Gasteiger partial charge < -0.3 is 20.5 Å². The molecule has 28 heavy (non-hydrogen) atoms. The number of nitrogens with one attached hydrogen (secondary N) is 3. The highest BCUT2D eigenvalue weighted by Crippen LogP contribution is 2.28. The molecule has 150 valence electrons. The number of carbonyl (C=O) groups excluding carboxylic acids is 1. The Labute approximate surface area is 169 Å². The lowest BCUT2D eigenvalue weighted by Crippen LogP contribution is -2.41. The standard InChI is InChI=1S/C19H25ClN6O2/c1-2-21-19(24-11-10-22-18(27)13-6-7-13)23-9-8-16-25-17(26-28-16)14-4-3-5-15(20)12-14/h3-5,12-13H,2,6-11H2,1H3,(H,22,27)(H2,21,23,24). The Bertz CT molecular complexity index is 818. The van der Waals surface area contributed by atoms with Crippen molar-refractivity contribution in [3.05, 3.63) is 35.2 Å². The molecule has 1 aromatic heterocycles. The van der Waals surface area contributed by atoms with Crippen LogP contribution in [0.2, 0.25) is 5.02 Å². The van der Waals surface area contributed by atoms with Crippen molar-refractivity contribution in [2.24, 2.45) is 10.9 Å². The third kappa shape index (κ3) is 6.23. The highest BCUT2D eigenvalue weighted by molar-refractivity contribution is 6.30. The van der Waals surface area contributed by atoms with Gasteiger partial charge in [-0.25, -0.2) is 0 Å². The molecule has 9 heteroatoms. The topological polar surface area (TPSA) is 104 Å². The van der Waals surface area contributed by atoms with Gasteiger partial charge in [-0.15, -0.1) is 0 Å². The third-order valence-electron chi connectivity index (χ3n) is 4.16. The van der Waals surface area contributed by atoms with Crippen LogP contribution >= 0.6 is 11.6 Å². The number of nitrogens with zero attached hydrogens (tertiary/aromatic N) is 3. The van der Waals surface area contributed by atoms with E-state index < -0.39 is 0 Å². The van der Waals surface area contributed by atoms with Crippen LogP contribution in [0.4, 0.5) is 0 Å². The smallest absolute Gasteiger partial charge is 0.228 e. The lowest BCUT2D eigenvalue weighted by molar-refractivity contribution is -0.122. The monoisotopic (exact) mass is 404 g/mol. The molecule has 1 aliphatic carbocycles. The zero-order chi connectivity index (χ0) is 19.8. The second-order valence-corrected chi connectivity index (χ2v) is 6.96. The van der Waals surface area contributed by atoms with E-state index in [-0.39, 0.29) is 11.8 Å². The first-order valence-corrected chi connectivity index (χ1v) is 9.92. The summed E-state index contributed by atoms with van der Waals surface area (Å²) in [7, 11) is 0. The van der Waals surface area contributed by atoms with Crippen molar-refractivity contribution < 1.29 is 9.32 Å². The summed E-state index contributed by atoms with van der Waals surface area (Å²) in [5.41, 5.74) is 0.814. The van der Waals surface area contributed by atoms with Crippen molar-refractivity contribution in [2.75, 3.05) is 26.2 Å². The van der Waals surface area contributed by atoms with E-state index in [1.54, 1.807) is 12.1 Å². The molecule has 0 aliphatic heterocycles. The van der Waals surface area contributed by atoms with Crippen LogP contribution in [-0.4, -0.2) is 48.2 Å². The van der Waals surface area contributed by atoms with Gasteiger partial charge in [0.25, 0.3) is 0 Å². The summed E-state index contributed by atoms with van der Waals surface area (Å²) in [5, 5.41) is 13.9. The molecule has 1 amide bonds. The second kappa shape index (κ2) is 10.1. The van der Waals surface area contributed by atoms with Gasteiger partial charge in [-0.05, 0) is 31.9 Å². The van der Waals surface area contributed by atoms with Crippen molar-refractivity contribution in [3.63, 3.8) is 0 Å². The summed E-state index contributed by atoms with van der Waals surface area (Å²) in [6.45, 7) is 4.44. The Morgan fingerprint density at radius 2 is 2.11 bits per heavy atom. The quantitative estimate of drug-likeness (QED) is 0.335. The summed E-state index contributed by atoms with van der Waals surface area (Å²) in [4.78, 5) is 20.5. The Kier molecular flexibility index (Phi) is 7.25. The summed E-state index contributed by atoms with van der Waals surface area (Å²) < 4.78 is 5.29. The average Bonchev–Trinajstić information content (AvgIpc) is 3.44. The van der Waals surface area contributed by atoms with Crippen molar-refractivity contribution in [2.45, 2.75) is 26.2 Å². The number of aliphatic imine (C=N–C) groups is 1. The van der Waals surface area contributed by atoms with Crippen LogP contribution in [0.3, 0.4) is 0 Å². The molecule has 0 radical (unpaired) electrons. The largest absolute Gasteiger partial charge is 0.357 e. The normalized spacial score (nSPS) is 14.0. The van der Waals surface area contributed by atoms with Gasteiger partial charge in [0.15, 0.2) is 5.96 Å². The van der Waals surface area contributed by atoms with E-state index in [1.807, 2.05) is 19.1 Å². The van der Waals surface area contributed by atoms with Gasteiger partial charge in [-0.1, -0.05) is 28.9 Å². The van der Waals surface area contributed by atoms with E-state index in [4.69, 9.17) is 16.1 Å². The fourth-order valence-corrected chi connectivity index (χ4v) is 2.75. The first-order valence-electron chi connectivity index (χ1n) is 9.54. The molecule has 2 aromatic rings. The van der Waals surface area contributed by atoms with Crippen LogP contribution in [0.5, 0.6) is 0 Å². The van der Waals surface area contributed by atoms with Crippen LogP contribution in [0.15, 0.2) is 33.8 Å². The van der Waals surface area contributed by atoms with Crippen LogP contribution in [0.25, 0.3) is 11.4 Å². The van der Waals surface area contributed by atoms with E-state index in [9.17, 15) is 4.79 Å². The van der Waals surface area contributed by atoms with Gasteiger partial charge in [-0.2, -0.15) is 4.98 Å². The zero-order valence-corrected chi connectivity index (χ0v) is 16.6. The van der Waals surface area contributed by atoms with Gasteiger partial charge >= 0.3 is 0 Å². The lowest BCUT2D eigenvalue weighted by Gasteiger charge is -2.11. The van der Waals surface area contributed by atoms with Crippen molar-refractivity contribution in [1.82, 2.24) is 26.1 Å². The van der Waals surface area contributed by atoms with E-state index in [0.717, 1.165) is 24.9 Å². The van der Waals surface area contributed by atoms with Gasteiger partial charge in [0.05, 0.1) is 6.54 Å². The number of aromatic nitrogens is 2. The molecule has 0 atom stereocenters. The number of hydrogen-bond acceptors (Lipinski definition) is 5. The minimum atomic E-state index is 0.149. The number of hydrogen-bond donors (Lipinski definition) is 3. The molecule has 0 unspecified atom stereocenters. The molecular formula is C19H25ClN6O2. The molecule has 0 spiro atoms. The Balaban J connectivity index is 1.44. The second-order valence-electron chi connectivity index (χ2n) is 6.52. The molecule has 0 saturated heterocycles. The molecule has 1 saturated carbocycles. The van der Waals surface area contributed by atoms with E-state index in [2.05, 4.69) is 31.1 Å². The zero-order valence-electron chi connectivity index (χ0n) is 15.9. The van der Waals surface area contributed by atoms with Gasteiger partial charge in [0.1, 0.15) is 0 Å². The molecule has 1 aromatic carbocycles. The maximum absolute atomic E-state index is 11.6. The third-order valence-corrected chi connectivity index (χ3v) is 4.39.